The Morgan fingerprint density at radius 3 is 2.65 bits per heavy atom. The van der Waals surface area contributed by atoms with E-state index in [1.54, 1.807) is 0 Å². The van der Waals surface area contributed by atoms with Crippen LogP contribution in [0, 0.1) is 11.7 Å². The van der Waals surface area contributed by atoms with Crippen molar-refractivity contribution in [3.8, 4) is 0 Å². The van der Waals surface area contributed by atoms with Gasteiger partial charge in [0.15, 0.2) is 0 Å². The van der Waals surface area contributed by atoms with E-state index in [1.165, 1.54) is 12.8 Å². The average Bonchev–Trinajstić information content (AvgIpc) is 3.10. The molecule has 1 aliphatic carbocycles. The van der Waals surface area contributed by atoms with E-state index in [9.17, 15) is 17.6 Å². The van der Waals surface area contributed by atoms with E-state index in [0.717, 1.165) is 24.6 Å². The number of nitrogens with two attached hydrogens (primary N) is 1. The number of amides is 1. The topological polar surface area (TPSA) is 89.3 Å². The molecule has 1 aromatic carbocycles. The second-order valence-corrected chi connectivity index (χ2v) is 6.84. The summed E-state index contributed by atoms with van der Waals surface area (Å²) in [5, 5.41) is 7.68. The summed E-state index contributed by atoms with van der Waals surface area (Å²) in [6.07, 6.45) is 3.23. The average molecular weight is 300 g/mol. The van der Waals surface area contributed by atoms with Gasteiger partial charge >= 0.3 is 0 Å². The van der Waals surface area contributed by atoms with E-state index in [1.807, 2.05) is 6.92 Å². The summed E-state index contributed by atoms with van der Waals surface area (Å²) in [6.45, 7) is 1.87. The summed E-state index contributed by atoms with van der Waals surface area (Å²) >= 11 is 0. The maximum Gasteiger partial charge on any atom is 0.251 e. The Morgan fingerprint density at radius 2 is 2.10 bits per heavy atom. The number of benzene rings is 1. The second kappa shape index (κ2) is 5.49. The first-order valence-electron chi connectivity index (χ1n) is 6.40. The predicted octanol–water partition coefficient (Wildman–Crippen LogP) is 1.39. The van der Waals surface area contributed by atoms with Crippen molar-refractivity contribution >= 4 is 15.9 Å². The van der Waals surface area contributed by atoms with Gasteiger partial charge in [0.2, 0.25) is 10.0 Å². The zero-order chi connectivity index (χ0) is 14.9. The van der Waals surface area contributed by atoms with Gasteiger partial charge in [-0.25, -0.2) is 17.9 Å². The highest BCUT2D eigenvalue weighted by Crippen LogP contribution is 2.33. The quantitative estimate of drug-likeness (QED) is 0.861. The smallest absolute Gasteiger partial charge is 0.251 e. The van der Waals surface area contributed by atoms with Gasteiger partial charge in [-0.2, -0.15) is 0 Å². The van der Waals surface area contributed by atoms with Crippen LogP contribution in [0.15, 0.2) is 23.1 Å². The molecule has 1 aromatic rings. The molecule has 1 atom stereocenters. The molecule has 0 radical (unpaired) electrons. The fourth-order valence-electron chi connectivity index (χ4n) is 2.08. The van der Waals surface area contributed by atoms with E-state index >= 15 is 0 Å². The van der Waals surface area contributed by atoms with Gasteiger partial charge in [-0.1, -0.05) is 12.8 Å². The minimum Gasteiger partial charge on any atom is -0.350 e. The maximum atomic E-state index is 13.4. The Labute approximate surface area is 117 Å². The minimum absolute atomic E-state index is 0.0313. The first kappa shape index (κ1) is 14.9. The lowest BCUT2D eigenvalue weighted by Gasteiger charge is -2.13. The number of nitrogens with one attached hydrogen (secondary N) is 1. The molecule has 2 rings (SSSR count). The molecular formula is C13H17FN2O3S. The highest BCUT2D eigenvalue weighted by atomic mass is 32.2. The fourth-order valence-corrected chi connectivity index (χ4v) is 2.65. The first-order valence-corrected chi connectivity index (χ1v) is 7.94. The van der Waals surface area contributed by atoms with Crippen molar-refractivity contribution in [1.29, 1.82) is 0 Å². The summed E-state index contributed by atoms with van der Waals surface area (Å²) in [5.41, 5.74) is -0.0447. The number of sulfonamides is 1. The first-order chi connectivity index (χ1) is 9.25. The highest BCUT2D eigenvalue weighted by molar-refractivity contribution is 7.89. The molecule has 0 aromatic heterocycles. The van der Waals surface area contributed by atoms with Crippen molar-refractivity contribution in [2.24, 2.45) is 11.1 Å². The van der Waals surface area contributed by atoms with Crippen LogP contribution in [-0.4, -0.2) is 20.4 Å². The molecule has 3 N–H and O–H groups in total. The minimum atomic E-state index is -4.04. The zero-order valence-electron chi connectivity index (χ0n) is 11.1. The van der Waals surface area contributed by atoms with Gasteiger partial charge in [-0.3, -0.25) is 4.79 Å². The molecule has 0 spiro atoms. The molecule has 110 valence electrons. The molecular weight excluding hydrogens is 283 g/mol. The highest BCUT2D eigenvalue weighted by Gasteiger charge is 2.24. The number of carbonyl (C=O) groups excluding carboxylic acids is 1. The van der Waals surface area contributed by atoms with Crippen LogP contribution in [0.3, 0.4) is 0 Å². The third kappa shape index (κ3) is 4.01. The second-order valence-electron chi connectivity index (χ2n) is 5.27. The molecule has 5 nitrogen and oxygen atoms in total. The lowest BCUT2D eigenvalue weighted by atomic mass is 10.1. The molecule has 1 fully saturated rings. The number of primary sulfonamides is 1. The lowest BCUT2D eigenvalue weighted by Crippen LogP contribution is -2.33. The van der Waals surface area contributed by atoms with Crippen LogP contribution in [0.2, 0.25) is 0 Å². The molecule has 7 heteroatoms. The molecule has 0 heterocycles. The molecule has 0 saturated heterocycles. The Morgan fingerprint density at radius 1 is 1.45 bits per heavy atom. The number of hydrogen-bond donors (Lipinski definition) is 2. The van der Waals surface area contributed by atoms with Crippen molar-refractivity contribution in [3.63, 3.8) is 0 Å². The zero-order valence-corrected chi connectivity index (χ0v) is 11.9. The SMILES string of the molecule is CC(CC1CC1)NC(=O)c1cc(F)cc(S(N)(=O)=O)c1. The van der Waals surface area contributed by atoms with Crippen LogP contribution < -0.4 is 10.5 Å². The molecule has 20 heavy (non-hydrogen) atoms. The summed E-state index contributed by atoms with van der Waals surface area (Å²) in [7, 11) is -4.04. The van der Waals surface area contributed by atoms with Crippen molar-refractivity contribution in [2.75, 3.05) is 0 Å². The van der Waals surface area contributed by atoms with Crippen molar-refractivity contribution in [2.45, 2.75) is 37.1 Å². The molecule has 0 aliphatic heterocycles. The normalized spacial score (nSPS) is 16.8. The third-order valence-electron chi connectivity index (χ3n) is 3.22. The van der Waals surface area contributed by atoms with E-state index in [4.69, 9.17) is 5.14 Å². The Kier molecular flexibility index (Phi) is 4.10. The predicted molar refractivity (Wildman–Crippen MR) is 72.0 cm³/mol. The van der Waals surface area contributed by atoms with Crippen LogP contribution in [-0.2, 0) is 10.0 Å². The summed E-state index contributed by atoms with van der Waals surface area (Å²) < 4.78 is 35.8. The van der Waals surface area contributed by atoms with E-state index in [-0.39, 0.29) is 11.6 Å². The molecule has 1 unspecified atom stereocenters. The molecule has 1 aliphatic rings. The molecule has 1 amide bonds. The molecule has 0 bridgehead atoms. The lowest BCUT2D eigenvalue weighted by molar-refractivity contribution is 0.0936. The van der Waals surface area contributed by atoms with Crippen molar-refractivity contribution in [3.05, 3.63) is 29.6 Å². The maximum absolute atomic E-state index is 13.4. The van der Waals surface area contributed by atoms with Gasteiger partial charge < -0.3 is 5.32 Å². The monoisotopic (exact) mass is 300 g/mol. The fraction of sp³-hybridized carbons (Fsp3) is 0.462. The van der Waals surface area contributed by atoms with Crippen LogP contribution in [0.5, 0.6) is 0 Å². The Hall–Kier alpha value is -1.47. The summed E-state index contributed by atoms with van der Waals surface area (Å²) in [6, 6.07) is 2.83. The molecule has 1 saturated carbocycles. The van der Waals surface area contributed by atoms with Crippen LogP contribution in [0.4, 0.5) is 4.39 Å². The van der Waals surface area contributed by atoms with Gasteiger partial charge in [0.1, 0.15) is 5.82 Å². The largest absolute Gasteiger partial charge is 0.350 e. The summed E-state index contributed by atoms with van der Waals surface area (Å²) in [4.78, 5) is 11.6. The number of halogens is 1. The van der Waals surface area contributed by atoms with Gasteiger partial charge in [0, 0.05) is 11.6 Å². The van der Waals surface area contributed by atoms with Gasteiger partial charge in [0.05, 0.1) is 4.90 Å². The van der Waals surface area contributed by atoms with E-state index < -0.39 is 26.6 Å². The Bertz CT molecular complexity index is 627. The number of carbonyl (C=O) groups is 1. The van der Waals surface area contributed by atoms with Crippen LogP contribution in [0.1, 0.15) is 36.5 Å². The van der Waals surface area contributed by atoms with E-state index in [2.05, 4.69) is 5.32 Å². The summed E-state index contributed by atoms with van der Waals surface area (Å²) in [5.74, 6) is -0.656. The Balaban J connectivity index is 2.14. The van der Waals surface area contributed by atoms with Crippen molar-refractivity contribution < 1.29 is 17.6 Å². The van der Waals surface area contributed by atoms with Gasteiger partial charge in [-0.15, -0.1) is 0 Å². The third-order valence-corrected chi connectivity index (χ3v) is 4.12. The van der Waals surface area contributed by atoms with Crippen LogP contribution in [0.25, 0.3) is 0 Å². The van der Waals surface area contributed by atoms with Crippen molar-refractivity contribution in [1.82, 2.24) is 5.32 Å². The standard InChI is InChI=1S/C13H17FN2O3S/c1-8(4-9-2-3-9)16-13(17)10-5-11(14)7-12(6-10)20(15,18)19/h5-9H,2-4H2,1H3,(H,16,17)(H2,15,18,19). The van der Waals surface area contributed by atoms with Gasteiger partial charge in [-0.05, 0) is 37.5 Å². The number of hydrogen-bond acceptors (Lipinski definition) is 3. The number of rotatable bonds is 5. The van der Waals surface area contributed by atoms with Crippen LogP contribution >= 0.6 is 0 Å². The van der Waals surface area contributed by atoms with Gasteiger partial charge in [0.25, 0.3) is 5.91 Å². The van der Waals surface area contributed by atoms with E-state index in [0.29, 0.717) is 5.92 Å².